The number of hydrogen-bond acceptors (Lipinski definition) is 3. The first kappa shape index (κ1) is 9.16. The number of aromatic nitrogens is 1. The second kappa shape index (κ2) is 3.39. The SMILES string of the molecule is CCc1nc(C2CC2)c(C(C)N)s1. The van der Waals surface area contributed by atoms with Gasteiger partial charge in [-0.15, -0.1) is 11.3 Å². The quantitative estimate of drug-likeness (QED) is 0.807. The predicted molar refractivity (Wildman–Crippen MR) is 56.1 cm³/mol. The normalized spacial score (nSPS) is 19.0. The fourth-order valence-electron chi connectivity index (χ4n) is 1.52. The summed E-state index contributed by atoms with van der Waals surface area (Å²) < 4.78 is 0. The number of aryl methyl sites for hydroxylation is 1. The van der Waals surface area contributed by atoms with Crippen LogP contribution in [0.4, 0.5) is 0 Å². The zero-order valence-corrected chi connectivity index (χ0v) is 9.03. The van der Waals surface area contributed by atoms with Crippen LogP contribution < -0.4 is 5.73 Å². The molecule has 1 aliphatic carbocycles. The molecule has 1 aromatic rings. The maximum Gasteiger partial charge on any atom is 0.0929 e. The minimum atomic E-state index is 0.161. The highest BCUT2D eigenvalue weighted by atomic mass is 32.1. The zero-order chi connectivity index (χ0) is 9.42. The van der Waals surface area contributed by atoms with Crippen molar-refractivity contribution in [2.24, 2.45) is 5.73 Å². The molecule has 0 spiro atoms. The van der Waals surface area contributed by atoms with Crippen LogP contribution in [0.15, 0.2) is 0 Å². The summed E-state index contributed by atoms with van der Waals surface area (Å²) in [6, 6.07) is 0.161. The average molecular weight is 196 g/mol. The molecular weight excluding hydrogens is 180 g/mol. The van der Waals surface area contributed by atoms with E-state index in [1.165, 1.54) is 28.4 Å². The number of nitrogens with two attached hydrogens (primary N) is 1. The maximum absolute atomic E-state index is 5.92. The highest BCUT2D eigenvalue weighted by Gasteiger charge is 2.30. The van der Waals surface area contributed by atoms with Crippen LogP contribution in [-0.4, -0.2) is 4.98 Å². The summed E-state index contributed by atoms with van der Waals surface area (Å²) in [6.45, 7) is 4.21. The van der Waals surface area contributed by atoms with Crippen LogP contribution in [0, 0.1) is 0 Å². The number of nitrogens with zero attached hydrogens (tertiary/aromatic N) is 1. The molecule has 1 heterocycles. The summed E-state index contributed by atoms with van der Waals surface area (Å²) in [5.74, 6) is 0.734. The lowest BCUT2D eigenvalue weighted by Gasteiger charge is -2.02. The third-order valence-electron chi connectivity index (χ3n) is 2.41. The average Bonchev–Trinajstić information content (AvgIpc) is 2.84. The van der Waals surface area contributed by atoms with E-state index in [2.05, 4.69) is 18.8 Å². The molecule has 0 aliphatic heterocycles. The van der Waals surface area contributed by atoms with Gasteiger partial charge in [0.1, 0.15) is 0 Å². The second-order valence-corrected chi connectivity index (χ2v) is 4.89. The predicted octanol–water partition coefficient (Wildman–Crippen LogP) is 2.60. The smallest absolute Gasteiger partial charge is 0.0929 e. The monoisotopic (exact) mass is 196 g/mol. The summed E-state index contributed by atoms with van der Waals surface area (Å²) in [5, 5.41) is 1.24. The highest BCUT2D eigenvalue weighted by Crippen LogP contribution is 2.43. The molecule has 0 bridgehead atoms. The lowest BCUT2D eigenvalue weighted by atomic mass is 10.2. The van der Waals surface area contributed by atoms with Gasteiger partial charge in [-0.05, 0) is 26.2 Å². The van der Waals surface area contributed by atoms with Crippen molar-refractivity contribution in [1.29, 1.82) is 0 Å². The Balaban J connectivity index is 2.33. The maximum atomic E-state index is 5.92. The van der Waals surface area contributed by atoms with Crippen LogP contribution in [0.2, 0.25) is 0 Å². The Morgan fingerprint density at radius 2 is 2.31 bits per heavy atom. The van der Waals surface area contributed by atoms with E-state index < -0.39 is 0 Å². The molecular formula is C10H16N2S. The lowest BCUT2D eigenvalue weighted by Crippen LogP contribution is -2.05. The Morgan fingerprint density at radius 3 is 2.77 bits per heavy atom. The van der Waals surface area contributed by atoms with Gasteiger partial charge in [0, 0.05) is 16.8 Å². The standard InChI is InChI=1S/C10H16N2S/c1-3-8-12-9(7-4-5-7)10(13-8)6(2)11/h6-7H,3-5,11H2,1-2H3. The third-order valence-corrected chi connectivity index (χ3v) is 3.82. The Labute approximate surface area is 83.2 Å². The fraction of sp³-hybridized carbons (Fsp3) is 0.700. The lowest BCUT2D eigenvalue weighted by molar-refractivity contribution is 0.809. The Bertz CT molecular complexity index is 280. The molecule has 72 valence electrons. The van der Waals surface area contributed by atoms with Gasteiger partial charge < -0.3 is 5.73 Å². The molecule has 1 atom stereocenters. The van der Waals surface area contributed by atoms with Crippen LogP contribution in [0.1, 0.15) is 54.2 Å². The van der Waals surface area contributed by atoms with Gasteiger partial charge in [0.25, 0.3) is 0 Å². The zero-order valence-electron chi connectivity index (χ0n) is 8.21. The molecule has 0 amide bonds. The van der Waals surface area contributed by atoms with E-state index in [-0.39, 0.29) is 6.04 Å². The van der Waals surface area contributed by atoms with E-state index in [1.807, 2.05) is 0 Å². The molecule has 1 aromatic heterocycles. The van der Waals surface area contributed by atoms with Crippen molar-refractivity contribution >= 4 is 11.3 Å². The molecule has 13 heavy (non-hydrogen) atoms. The van der Waals surface area contributed by atoms with Crippen LogP contribution in [0.25, 0.3) is 0 Å². The summed E-state index contributed by atoms with van der Waals surface area (Å²) in [4.78, 5) is 5.97. The Morgan fingerprint density at radius 1 is 1.62 bits per heavy atom. The van der Waals surface area contributed by atoms with Crippen LogP contribution in [0.3, 0.4) is 0 Å². The topological polar surface area (TPSA) is 38.9 Å². The Hall–Kier alpha value is -0.410. The van der Waals surface area contributed by atoms with Crippen LogP contribution in [0.5, 0.6) is 0 Å². The molecule has 2 nitrogen and oxygen atoms in total. The molecule has 2 rings (SSSR count). The first-order valence-corrected chi connectivity index (χ1v) is 5.79. The van der Waals surface area contributed by atoms with Gasteiger partial charge in [-0.3, -0.25) is 0 Å². The largest absolute Gasteiger partial charge is 0.323 e. The number of hydrogen-bond donors (Lipinski definition) is 1. The highest BCUT2D eigenvalue weighted by molar-refractivity contribution is 7.11. The summed E-state index contributed by atoms with van der Waals surface area (Å²) in [5.41, 5.74) is 7.22. The number of rotatable bonds is 3. The van der Waals surface area contributed by atoms with E-state index in [0.29, 0.717) is 0 Å². The number of thiazole rings is 1. The molecule has 1 saturated carbocycles. The van der Waals surface area contributed by atoms with Gasteiger partial charge in [-0.25, -0.2) is 4.98 Å². The van der Waals surface area contributed by atoms with E-state index in [0.717, 1.165) is 12.3 Å². The molecule has 0 radical (unpaired) electrons. The van der Waals surface area contributed by atoms with Gasteiger partial charge in [0.05, 0.1) is 10.7 Å². The molecule has 1 aliphatic rings. The minimum absolute atomic E-state index is 0.161. The van der Waals surface area contributed by atoms with Crippen molar-refractivity contribution in [2.75, 3.05) is 0 Å². The summed E-state index contributed by atoms with van der Waals surface area (Å²) >= 11 is 1.80. The van der Waals surface area contributed by atoms with Crippen molar-refractivity contribution in [1.82, 2.24) is 4.98 Å². The van der Waals surface area contributed by atoms with Gasteiger partial charge in [-0.2, -0.15) is 0 Å². The van der Waals surface area contributed by atoms with Crippen molar-refractivity contribution < 1.29 is 0 Å². The summed E-state index contributed by atoms with van der Waals surface area (Å²) in [7, 11) is 0. The first-order valence-electron chi connectivity index (χ1n) is 4.97. The summed E-state index contributed by atoms with van der Waals surface area (Å²) in [6.07, 6.45) is 3.66. The van der Waals surface area contributed by atoms with Gasteiger partial charge in [0.2, 0.25) is 0 Å². The van der Waals surface area contributed by atoms with Crippen molar-refractivity contribution in [2.45, 2.75) is 45.1 Å². The Kier molecular flexibility index (Phi) is 2.39. The van der Waals surface area contributed by atoms with E-state index in [4.69, 9.17) is 5.73 Å². The molecule has 1 fully saturated rings. The van der Waals surface area contributed by atoms with E-state index in [1.54, 1.807) is 11.3 Å². The molecule has 0 aromatic carbocycles. The van der Waals surface area contributed by atoms with Gasteiger partial charge >= 0.3 is 0 Å². The molecule has 2 N–H and O–H groups in total. The van der Waals surface area contributed by atoms with Crippen LogP contribution in [-0.2, 0) is 6.42 Å². The van der Waals surface area contributed by atoms with Crippen molar-refractivity contribution in [3.05, 3.63) is 15.6 Å². The third kappa shape index (κ3) is 1.76. The van der Waals surface area contributed by atoms with Crippen molar-refractivity contribution in [3.63, 3.8) is 0 Å². The minimum Gasteiger partial charge on any atom is -0.323 e. The van der Waals surface area contributed by atoms with Crippen molar-refractivity contribution in [3.8, 4) is 0 Å². The van der Waals surface area contributed by atoms with Crippen LogP contribution >= 0.6 is 11.3 Å². The van der Waals surface area contributed by atoms with E-state index >= 15 is 0 Å². The van der Waals surface area contributed by atoms with Gasteiger partial charge in [0.15, 0.2) is 0 Å². The fourth-order valence-corrected chi connectivity index (χ4v) is 2.56. The second-order valence-electron chi connectivity index (χ2n) is 3.77. The first-order chi connectivity index (χ1) is 6.22. The molecule has 1 unspecified atom stereocenters. The van der Waals surface area contributed by atoms with E-state index in [9.17, 15) is 0 Å². The molecule has 0 saturated heterocycles. The molecule has 3 heteroatoms. The van der Waals surface area contributed by atoms with Gasteiger partial charge in [-0.1, -0.05) is 6.92 Å².